The second-order valence-corrected chi connectivity index (χ2v) is 6.27. The molecule has 0 aromatic heterocycles. The van der Waals surface area contributed by atoms with E-state index in [2.05, 4.69) is 37.9 Å². The molecule has 0 radical (unpaired) electrons. The number of nitrogens with one attached hydrogen (secondary N) is 1. The van der Waals surface area contributed by atoms with Crippen molar-refractivity contribution in [3.63, 3.8) is 0 Å². The molecule has 0 bridgehead atoms. The van der Waals surface area contributed by atoms with Gasteiger partial charge < -0.3 is 5.32 Å². The van der Waals surface area contributed by atoms with Crippen LogP contribution in [0.15, 0.2) is 0 Å². The molecule has 17 heavy (non-hydrogen) atoms. The average Bonchev–Trinajstić information content (AvgIpc) is 2.28. The van der Waals surface area contributed by atoms with Crippen LogP contribution in [0.5, 0.6) is 0 Å². The molecule has 0 unspecified atom stereocenters. The Balaban J connectivity index is 2.17. The molecule has 0 heterocycles. The van der Waals surface area contributed by atoms with Crippen LogP contribution in [0, 0.1) is 5.92 Å². The predicted molar refractivity (Wildman–Crippen MR) is 76.4 cm³/mol. The van der Waals surface area contributed by atoms with Gasteiger partial charge in [-0.05, 0) is 32.6 Å². The van der Waals surface area contributed by atoms with Crippen molar-refractivity contribution in [2.45, 2.75) is 71.9 Å². The van der Waals surface area contributed by atoms with Crippen molar-refractivity contribution >= 4 is 0 Å². The minimum atomic E-state index is 0.672. The molecule has 0 aliphatic heterocycles. The van der Waals surface area contributed by atoms with Crippen LogP contribution in [0.2, 0.25) is 0 Å². The summed E-state index contributed by atoms with van der Waals surface area (Å²) < 4.78 is 0. The Bertz CT molecular complexity index is 183. The molecule has 1 rings (SSSR count). The number of nitrogens with zero attached hydrogens (tertiary/aromatic N) is 1. The van der Waals surface area contributed by atoms with Crippen molar-refractivity contribution in [2.75, 3.05) is 19.6 Å². The van der Waals surface area contributed by atoms with Gasteiger partial charge in [-0.1, -0.05) is 33.1 Å². The summed E-state index contributed by atoms with van der Waals surface area (Å²) in [7, 11) is 0. The quantitative estimate of drug-likeness (QED) is 0.735. The first-order chi connectivity index (χ1) is 8.09. The third-order valence-corrected chi connectivity index (χ3v) is 3.77. The van der Waals surface area contributed by atoms with Crippen LogP contribution in [0.1, 0.15) is 59.8 Å². The second-order valence-electron chi connectivity index (χ2n) is 6.27. The number of hydrogen-bond donors (Lipinski definition) is 1. The number of rotatable bonds is 7. The van der Waals surface area contributed by atoms with Crippen LogP contribution in [0.4, 0.5) is 0 Å². The molecular formula is C15H32N2. The lowest BCUT2D eigenvalue weighted by atomic mass is 9.95. The lowest BCUT2D eigenvalue weighted by Crippen LogP contribution is -2.42. The average molecular weight is 240 g/mol. The Kier molecular flexibility index (Phi) is 7.14. The van der Waals surface area contributed by atoms with Gasteiger partial charge in [-0.2, -0.15) is 0 Å². The Morgan fingerprint density at radius 2 is 1.71 bits per heavy atom. The van der Waals surface area contributed by atoms with Crippen LogP contribution in [-0.2, 0) is 0 Å². The molecule has 0 aromatic carbocycles. The third-order valence-electron chi connectivity index (χ3n) is 3.77. The van der Waals surface area contributed by atoms with E-state index in [1.165, 1.54) is 45.2 Å². The Morgan fingerprint density at radius 1 is 1.06 bits per heavy atom. The minimum Gasteiger partial charge on any atom is -0.313 e. The van der Waals surface area contributed by atoms with Crippen molar-refractivity contribution in [1.29, 1.82) is 0 Å². The predicted octanol–water partition coefficient (Wildman–Crippen LogP) is 3.28. The van der Waals surface area contributed by atoms with Crippen molar-refractivity contribution < 1.29 is 0 Å². The maximum Gasteiger partial charge on any atom is 0.0110 e. The van der Waals surface area contributed by atoms with E-state index >= 15 is 0 Å². The van der Waals surface area contributed by atoms with Crippen molar-refractivity contribution in [2.24, 2.45) is 5.92 Å². The SMILES string of the molecule is CC(C)CN(CCNC1CCCCC1)C(C)C. The molecule has 0 saturated heterocycles. The fourth-order valence-electron chi connectivity index (χ4n) is 2.75. The van der Waals surface area contributed by atoms with Crippen LogP contribution >= 0.6 is 0 Å². The van der Waals surface area contributed by atoms with Gasteiger partial charge in [0.1, 0.15) is 0 Å². The van der Waals surface area contributed by atoms with E-state index < -0.39 is 0 Å². The third kappa shape index (κ3) is 6.42. The summed E-state index contributed by atoms with van der Waals surface area (Å²) in [6, 6.07) is 1.47. The molecule has 1 saturated carbocycles. The monoisotopic (exact) mass is 240 g/mol. The van der Waals surface area contributed by atoms with Gasteiger partial charge in [-0.25, -0.2) is 0 Å². The first kappa shape index (κ1) is 15.0. The standard InChI is InChI=1S/C15H32N2/c1-13(2)12-17(14(3)4)11-10-16-15-8-6-5-7-9-15/h13-16H,5-12H2,1-4H3. The number of hydrogen-bond acceptors (Lipinski definition) is 2. The molecule has 2 nitrogen and oxygen atoms in total. The highest BCUT2D eigenvalue weighted by molar-refractivity contribution is 4.73. The minimum absolute atomic E-state index is 0.672. The summed E-state index contributed by atoms with van der Waals surface area (Å²) in [6.07, 6.45) is 7.09. The molecule has 0 spiro atoms. The van der Waals surface area contributed by atoms with E-state index in [0.717, 1.165) is 18.5 Å². The van der Waals surface area contributed by atoms with E-state index in [9.17, 15) is 0 Å². The summed E-state index contributed by atoms with van der Waals surface area (Å²) in [5.74, 6) is 0.770. The smallest absolute Gasteiger partial charge is 0.0110 e. The van der Waals surface area contributed by atoms with E-state index in [-0.39, 0.29) is 0 Å². The van der Waals surface area contributed by atoms with Gasteiger partial charge in [0.15, 0.2) is 0 Å². The highest BCUT2D eigenvalue weighted by Gasteiger charge is 2.14. The zero-order valence-electron chi connectivity index (χ0n) is 12.3. The summed E-state index contributed by atoms with van der Waals surface area (Å²) in [5, 5.41) is 3.74. The fraction of sp³-hybridized carbons (Fsp3) is 1.00. The van der Waals surface area contributed by atoms with Crippen LogP contribution < -0.4 is 5.32 Å². The van der Waals surface area contributed by atoms with E-state index in [4.69, 9.17) is 0 Å². The maximum atomic E-state index is 3.74. The van der Waals surface area contributed by atoms with Gasteiger partial charge in [0.2, 0.25) is 0 Å². The van der Waals surface area contributed by atoms with Crippen LogP contribution in [0.3, 0.4) is 0 Å². The van der Waals surface area contributed by atoms with Gasteiger partial charge in [0.25, 0.3) is 0 Å². The topological polar surface area (TPSA) is 15.3 Å². The molecule has 0 amide bonds. The van der Waals surface area contributed by atoms with Gasteiger partial charge in [-0.15, -0.1) is 0 Å². The lowest BCUT2D eigenvalue weighted by Gasteiger charge is -2.30. The van der Waals surface area contributed by atoms with E-state index in [1.807, 2.05) is 0 Å². The summed E-state index contributed by atoms with van der Waals surface area (Å²) >= 11 is 0. The van der Waals surface area contributed by atoms with E-state index in [0.29, 0.717) is 6.04 Å². The van der Waals surface area contributed by atoms with Crippen LogP contribution in [-0.4, -0.2) is 36.6 Å². The molecule has 1 aliphatic rings. The van der Waals surface area contributed by atoms with E-state index in [1.54, 1.807) is 0 Å². The second kappa shape index (κ2) is 8.10. The Labute approximate surface area is 108 Å². The maximum absolute atomic E-state index is 3.74. The largest absolute Gasteiger partial charge is 0.313 e. The summed E-state index contributed by atoms with van der Waals surface area (Å²) in [4.78, 5) is 2.60. The molecule has 1 fully saturated rings. The summed E-state index contributed by atoms with van der Waals surface area (Å²) in [6.45, 7) is 12.8. The fourth-order valence-corrected chi connectivity index (χ4v) is 2.75. The van der Waals surface area contributed by atoms with Crippen molar-refractivity contribution in [3.8, 4) is 0 Å². The highest BCUT2D eigenvalue weighted by atomic mass is 15.2. The van der Waals surface area contributed by atoms with Gasteiger partial charge in [0, 0.05) is 31.7 Å². The summed E-state index contributed by atoms with van der Waals surface area (Å²) in [5.41, 5.74) is 0. The van der Waals surface area contributed by atoms with Crippen LogP contribution in [0.25, 0.3) is 0 Å². The van der Waals surface area contributed by atoms with Gasteiger partial charge >= 0.3 is 0 Å². The van der Waals surface area contributed by atoms with Gasteiger partial charge in [0.05, 0.1) is 0 Å². The first-order valence-electron chi connectivity index (χ1n) is 7.57. The van der Waals surface area contributed by atoms with Gasteiger partial charge in [-0.3, -0.25) is 4.90 Å². The molecule has 0 aromatic rings. The Hall–Kier alpha value is -0.0800. The van der Waals surface area contributed by atoms with Crippen molar-refractivity contribution in [3.05, 3.63) is 0 Å². The molecule has 1 N–H and O–H groups in total. The zero-order valence-corrected chi connectivity index (χ0v) is 12.3. The Morgan fingerprint density at radius 3 is 2.24 bits per heavy atom. The molecule has 0 atom stereocenters. The highest BCUT2D eigenvalue weighted by Crippen LogP contribution is 2.17. The molecular weight excluding hydrogens is 208 g/mol. The molecule has 1 aliphatic carbocycles. The molecule has 2 heteroatoms. The lowest BCUT2D eigenvalue weighted by molar-refractivity contribution is 0.193. The first-order valence-corrected chi connectivity index (χ1v) is 7.57. The zero-order chi connectivity index (χ0) is 12.7. The molecule has 102 valence electrons. The normalized spacial score (nSPS) is 18.5. The van der Waals surface area contributed by atoms with Crippen molar-refractivity contribution in [1.82, 2.24) is 10.2 Å².